The van der Waals surface area contributed by atoms with Crippen molar-refractivity contribution in [3.05, 3.63) is 29.8 Å². The molecule has 0 saturated heterocycles. The first kappa shape index (κ1) is 28.0. The normalized spacial score (nSPS) is 11.2. The van der Waals surface area contributed by atoms with Crippen molar-refractivity contribution < 1.29 is 4.74 Å². The van der Waals surface area contributed by atoms with Crippen molar-refractivity contribution in [1.82, 2.24) is 5.32 Å². The van der Waals surface area contributed by atoms with Crippen LogP contribution in [0, 0.1) is 0 Å². The van der Waals surface area contributed by atoms with Crippen LogP contribution in [0.4, 0.5) is 0 Å². The fourth-order valence-corrected chi connectivity index (χ4v) is 4.17. The zero-order valence-corrected chi connectivity index (χ0v) is 21.1. The van der Waals surface area contributed by atoms with Gasteiger partial charge in [-0.25, -0.2) is 0 Å². The summed E-state index contributed by atoms with van der Waals surface area (Å²) >= 11 is 0. The third-order valence-electron chi connectivity index (χ3n) is 6.25. The molecule has 2 nitrogen and oxygen atoms in total. The van der Waals surface area contributed by atoms with Gasteiger partial charge in [-0.15, -0.1) is 0 Å². The molecule has 0 aliphatic heterocycles. The maximum Gasteiger partial charge on any atom is 0.123 e. The van der Waals surface area contributed by atoms with Crippen LogP contribution in [0.25, 0.3) is 0 Å². The lowest BCUT2D eigenvalue weighted by molar-refractivity contribution is 0.301. The van der Waals surface area contributed by atoms with Gasteiger partial charge in [-0.05, 0) is 25.5 Å². The molecule has 31 heavy (non-hydrogen) atoms. The van der Waals surface area contributed by atoms with Crippen molar-refractivity contribution in [1.29, 1.82) is 0 Å². The lowest BCUT2D eigenvalue weighted by Gasteiger charge is -2.12. The standard InChI is InChI=1S/C29H53NO/c1-3-5-7-9-10-11-12-13-14-15-16-17-18-21-25-30-27-28-23-19-20-24-29(28)31-26-22-8-6-4-2/h19-20,23-24,30H,3-18,21-22,25-27H2,1-2H3. The number of nitrogens with one attached hydrogen (secondary N) is 1. The first-order valence-electron chi connectivity index (χ1n) is 13.8. The quantitative estimate of drug-likeness (QED) is 0.174. The number of para-hydroxylation sites is 1. The second-order valence-corrected chi connectivity index (χ2v) is 9.29. The molecule has 0 aliphatic carbocycles. The molecule has 0 unspecified atom stereocenters. The minimum Gasteiger partial charge on any atom is -0.493 e. The van der Waals surface area contributed by atoms with Gasteiger partial charge in [0, 0.05) is 12.1 Å². The van der Waals surface area contributed by atoms with Crippen LogP contribution < -0.4 is 10.1 Å². The van der Waals surface area contributed by atoms with Crippen LogP contribution in [-0.4, -0.2) is 13.2 Å². The van der Waals surface area contributed by atoms with Crippen molar-refractivity contribution in [2.45, 2.75) is 136 Å². The molecular formula is C29H53NO. The highest BCUT2D eigenvalue weighted by Gasteiger charge is 2.02. The molecule has 0 amide bonds. The summed E-state index contributed by atoms with van der Waals surface area (Å²) in [6, 6.07) is 8.51. The molecule has 0 spiro atoms. The number of rotatable bonds is 23. The van der Waals surface area contributed by atoms with Gasteiger partial charge in [0.25, 0.3) is 0 Å². The molecule has 1 N–H and O–H groups in total. The Hall–Kier alpha value is -1.02. The van der Waals surface area contributed by atoms with Gasteiger partial charge in [0.05, 0.1) is 6.61 Å². The van der Waals surface area contributed by atoms with Crippen LogP contribution in [0.15, 0.2) is 24.3 Å². The Morgan fingerprint density at radius 1 is 0.581 bits per heavy atom. The fraction of sp³-hybridized carbons (Fsp3) is 0.793. The third kappa shape index (κ3) is 17.2. The van der Waals surface area contributed by atoms with Crippen LogP contribution in [-0.2, 0) is 6.54 Å². The Labute approximate surface area is 194 Å². The molecule has 1 rings (SSSR count). The average Bonchev–Trinajstić information content (AvgIpc) is 2.79. The van der Waals surface area contributed by atoms with E-state index in [1.807, 2.05) is 0 Å². The molecule has 0 heterocycles. The van der Waals surface area contributed by atoms with E-state index in [9.17, 15) is 0 Å². The van der Waals surface area contributed by atoms with E-state index in [2.05, 4.69) is 43.4 Å². The zero-order valence-electron chi connectivity index (χ0n) is 21.1. The largest absolute Gasteiger partial charge is 0.493 e. The van der Waals surface area contributed by atoms with Crippen molar-refractivity contribution >= 4 is 0 Å². The van der Waals surface area contributed by atoms with Crippen molar-refractivity contribution in [3.8, 4) is 5.75 Å². The van der Waals surface area contributed by atoms with Gasteiger partial charge in [0.1, 0.15) is 5.75 Å². The van der Waals surface area contributed by atoms with Crippen LogP contribution in [0.2, 0.25) is 0 Å². The molecule has 0 aliphatic rings. The van der Waals surface area contributed by atoms with Gasteiger partial charge >= 0.3 is 0 Å². The van der Waals surface area contributed by atoms with E-state index in [0.29, 0.717) is 0 Å². The summed E-state index contributed by atoms with van der Waals surface area (Å²) in [5.41, 5.74) is 1.29. The first-order chi connectivity index (χ1) is 15.4. The Bertz CT molecular complexity index is 487. The highest BCUT2D eigenvalue weighted by molar-refractivity contribution is 5.33. The van der Waals surface area contributed by atoms with Gasteiger partial charge < -0.3 is 10.1 Å². The lowest BCUT2D eigenvalue weighted by atomic mass is 10.0. The maximum atomic E-state index is 6.02. The zero-order chi connectivity index (χ0) is 22.2. The molecule has 180 valence electrons. The number of benzene rings is 1. The second kappa shape index (κ2) is 22.2. The number of hydrogen-bond acceptors (Lipinski definition) is 2. The SMILES string of the molecule is CCCCCCCCCCCCCCCCNCc1ccccc1OCCCCCC. The lowest BCUT2D eigenvalue weighted by Crippen LogP contribution is -2.15. The average molecular weight is 432 g/mol. The summed E-state index contributed by atoms with van der Waals surface area (Å²) < 4.78 is 6.02. The Morgan fingerprint density at radius 2 is 1.06 bits per heavy atom. The molecule has 0 fully saturated rings. The number of unbranched alkanes of at least 4 members (excludes halogenated alkanes) is 16. The van der Waals surface area contributed by atoms with E-state index in [1.54, 1.807) is 0 Å². The van der Waals surface area contributed by atoms with Gasteiger partial charge in [0.15, 0.2) is 0 Å². The van der Waals surface area contributed by atoms with E-state index < -0.39 is 0 Å². The van der Waals surface area contributed by atoms with Crippen LogP contribution in [0.3, 0.4) is 0 Å². The highest BCUT2D eigenvalue weighted by Crippen LogP contribution is 2.18. The third-order valence-corrected chi connectivity index (χ3v) is 6.25. The van der Waals surface area contributed by atoms with Crippen LogP contribution in [0.1, 0.15) is 135 Å². The van der Waals surface area contributed by atoms with E-state index >= 15 is 0 Å². The summed E-state index contributed by atoms with van der Waals surface area (Å²) in [6.45, 7) is 7.42. The minimum atomic E-state index is 0.843. The predicted molar refractivity (Wildman–Crippen MR) is 138 cm³/mol. The van der Waals surface area contributed by atoms with Gasteiger partial charge in [-0.2, -0.15) is 0 Å². The van der Waals surface area contributed by atoms with E-state index in [4.69, 9.17) is 4.74 Å². The van der Waals surface area contributed by atoms with E-state index in [-0.39, 0.29) is 0 Å². The summed E-state index contributed by atoms with van der Waals surface area (Å²) in [5.74, 6) is 1.06. The first-order valence-corrected chi connectivity index (χ1v) is 13.8. The molecule has 0 radical (unpaired) electrons. The van der Waals surface area contributed by atoms with Crippen LogP contribution in [0.5, 0.6) is 5.75 Å². The van der Waals surface area contributed by atoms with Gasteiger partial charge in [0.2, 0.25) is 0 Å². The van der Waals surface area contributed by atoms with Crippen molar-refractivity contribution in [3.63, 3.8) is 0 Å². The number of hydrogen-bond donors (Lipinski definition) is 1. The monoisotopic (exact) mass is 431 g/mol. The van der Waals surface area contributed by atoms with E-state index in [1.165, 1.54) is 115 Å². The van der Waals surface area contributed by atoms with Crippen molar-refractivity contribution in [2.75, 3.05) is 13.2 Å². The fourth-order valence-electron chi connectivity index (χ4n) is 4.17. The number of ether oxygens (including phenoxy) is 1. The summed E-state index contributed by atoms with van der Waals surface area (Å²) in [4.78, 5) is 0. The predicted octanol–water partition coefficient (Wildman–Crippen LogP) is 9.22. The molecule has 0 atom stereocenters. The Balaban J connectivity index is 1.91. The molecule has 2 heteroatoms. The summed E-state index contributed by atoms with van der Waals surface area (Å²) in [6.07, 6.45) is 24.9. The van der Waals surface area contributed by atoms with Gasteiger partial charge in [-0.3, -0.25) is 0 Å². The maximum absolute atomic E-state index is 6.02. The summed E-state index contributed by atoms with van der Waals surface area (Å²) in [7, 11) is 0. The highest BCUT2D eigenvalue weighted by atomic mass is 16.5. The summed E-state index contributed by atoms with van der Waals surface area (Å²) in [5, 5.41) is 3.62. The Morgan fingerprint density at radius 3 is 1.65 bits per heavy atom. The topological polar surface area (TPSA) is 21.3 Å². The molecule has 0 aromatic heterocycles. The van der Waals surface area contributed by atoms with Crippen molar-refractivity contribution in [2.24, 2.45) is 0 Å². The minimum absolute atomic E-state index is 0.843. The Kier molecular flexibility index (Phi) is 20.0. The second-order valence-electron chi connectivity index (χ2n) is 9.29. The molecule has 1 aromatic carbocycles. The molecule has 1 aromatic rings. The smallest absolute Gasteiger partial charge is 0.123 e. The van der Waals surface area contributed by atoms with Gasteiger partial charge in [-0.1, -0.05) is 135 Å². The molecule has 0 saturated carbocycles. The van der Waals surface area contributed by atoms with E-state index in [0.717, 1.165) is 31.9 Å². The van der Waals surface area contributed by atoms with Crippen LogP contribution >= 0.6 is 0 Å². The molecular weight excluding hydrogens is 378 g/mol. The molecule has 0 bridgehead atoms.